The largest absolute Gasteiger partial charge is 0.453 e. The number of rotatable bonds is 6. The Morgan fingerprint density at radius 3 is 2.34 bits per heavy atom. The van der Waals surface area contributed by atoms with E-state index in [-0.39, 0.29) is 24.8 Å². The van der Waals surface area contributed by atoms with Crippen LogP contribution < -0.4 is 10.1 Å². The average Bonchev–Trinajstić information content (AvgIpc) is 3.26. The number of aromatic nitrogens is 3. The third-order valence-electron chi connectivity index (χ3n) is 3.45. The van der Waals surface area contributed by atoms with Crippen LogP contribution in [-0.4, -0.2) is 15.0 Å². The predicted molar refractivity (Wildman–Crippen MR) is 126 cm³/mol. The molecule has 4 aromatic rings. The number of ether oxygens (including phenoxy) is 1. The number of pyridine rings is 1. The molecule has 0 atom stereocenters. The fourth-order valence-corrected chi connectivity index (χ4v) is 4.76. The minimum Gasteiger partial charge on any atom is -0.453 e. The minimum absolute atomic E-state index is 0. The standard InChI is InChI=1S/C19H16N4OS3.2ClH/c1-12-10-25-18(21-12)23-17-16(24-14-6-4-3-5-7-14)8-15(9-20-17)27-19-22-13(2)11-26-19;;/h3-11H,1-2H3,(H,20,21,23);2*1H. The zero-order valence-electron chi connectivity index (χ0n) is 15.5. The summed E-state index contributed by atoms with van der Waals surface area (Å²) in [5.41, 5.74) is 1.99. The Labute approximate surface area is 193 Å². The van der Waals surface area contributed by atoms with Crippen LogP contribution in [0.4, 0.5) is 10.9 Å². The summed E-state index contributed by atoms with van der Waals surface area (Å²) in [7, 11) is 0. The minimum atomic E-state index is 0. The van der Waals surface area contributed by atoms with E-state index in [0.29, 0.717) is 11.6 Å². The molecule has 0 saturated heterocycles. The number of anilines is 2. The zero-order valence-corrected chi connectivity index (χ0v) is 19.6. The van der Waals surface area contributed by atoms with Crippen molar-refractivity contribution in [3.63, 3.8) is 0 Å². The van der Waals surface area contributed by atoms with Crippen molar-refractivity contribution in [2.24, 2.45) is 0 Å². The van der Waals surface area contributed by atoms with Gasteiger partial charge in [-0.05, 0) is 26.0 Å². The van der Waals surface area contributed by atoms with E-state index in [1.165, 1.54) is 11.3 Å². The summed E-state index contributed by atoms with van der Waals surface area (Å²) in [6.07, 6.45) is 1.82. The third-order valence-corrected chi connectivity index (χ3v) is 6.34. The molecule has 0 unspecified atom stereocenters. The molecule has 1 N–H and O–H groups in total. The van der Waals surface area contributed by atoms with Crippen LogP contribution in [0.3, 0.4) is 0 Å². The Bertz CT molecular complexity index is 1060. The number of nitrogens with one attached hydrogen (secondary N) is 1. The first-order valence-electron chi connectivity index (χ1n) is 8.18. The Hall–Kier alpha value is -1.84. The monoisotopic (exact) mass is 484 g/mol. The van der Waals surface area contributed by atoms with E-state index in [1.807, 2.05) is 67.2 Å². The molecule has 0 aliphatic carbocycles. The Morgan fingerprint density at radius 2 is 1.69 bits per heavy atom. The molecule has 0 amide bonds. The maximum atomic E-state index is 6.09. The normalized spacial score (nSPS) is 10.0. The van der Waals surface area contributed by atoms with Gasteiger partial charge in [0, 0.05) is 33.6 Å². The van der Waals surface area contributed by atoms with Gasteiger partial charge in [-0.3, -0.25) is 0 Å². The molecular formula is C19H18Cl2N4OS3. The summed E-state index contributed by atoms with van der Waals surface area (Å²) in [4.78, 5) is 14.5. The number of para-hydroxylation sites is 1. The van der Waals surface area contributed by atoms with Gasteiger partial charge in [-0.2, -0.15) is 0 Å². The Morgan fingerprint density at radius 1 is 0.966 bits per heavy atom. The van der Waals surface area contributed by atoms with E-state index in [4.69, 9.17) is 4.74 Å². The number of thiazole rings is 2. The third kappa shape index (κ3) is 6.32. The highest BCUT2D eigenvalue weighted by atomic mass is 35.5. The lowest BCUT2D eigenvalue weighted by molar-refractivity contribution is 0.481. The summed E-state index contributed by atoms with van der Waals surface area (Å²) in [5.74, 6) is 2.03. The van der Waals surface area contributed by atoms with E-state index >= 15 is 0 Å². The first kappa shape index (κ1) is 23.4. The van der Waals surface area contributed by atoms with Crippen molar-refractivity contribution in [2.45, 2.75) is 23.1 Å². The summed E-state index contributed by atoms with van der Waals surface area (Å²) in [6.45, 7) is 3.96. The highest BCUT2D eigenvalue weighted by molar-refractivity contribution is 8.01. The molecule has 0 fully saturated rings. The van der Waals surface area contributed by atoms with E-state index in [9.17, 15) is 0 Å². The highest BCUT2D eigenvalue weighted by Gasteiger charge is 2.12. The molecule has 29 heavy (non-hydrogen) atoms. The molecule has 0 aliphatic rings. The molecule has 3 aromatic heterocycles. The highest BCUT2D eigenvalue weighted by Crippen LogP contribution is 2.37. The molecule has 10 heteroatoms. The van der Waals surface area contributed by atoms with Crippen LogP contribution in [0.5, 0.6) is 11.5 Å². The Balaban J connectivity index is 0.00000150. The molecule has 0 bridgehead atoms. The van der Waals surface area contributed by atoms with Gasteiger partial charge in [0.05, 0.1) is 5.69 Å². The fourth-order valence-electron chi connectivity index (χ4n) is 2.26. The predicted octanol–water partition coefficient (Wildman–Crippen LogP) is 7.14. The lowest BCUT2D eigenvalue weighted by Crippen LogP contribution is -1.97. The first-order chi connectivity index (χ1) is 13.2. The quantitative estimate of drug-likeness (QED) is 0.313. The summed E-state index contributed by atoms with van der Waals surface area (Å²) in [6, 6.07) is 11.7. The van der Waals surface area contributed by atoms with Crippen LogP contribution in [0.15, 0.2) is 62.6 Å². The van der Waals surface area contributed by atoms with Crippen molar-refractivity contribution in [3.05, 3.63) is 64.7 Å². The van der Waals surface area contributed by atoms with Gasteiger partial charge >= 0.3 is 0 Å². The number of nitrogens with zero attached hydrogens (tertiary/aromatic N) is 3. The fraction of sp³-hybridized carbons (Fsp3) is 0.105. The molecule has 3 heterocycles. The second-order valence-electron chi connectivity index (χ2n) is 5.71. The van der Waals surface area contributed by atoms with Gasteiger partial charge in [-0.25, -0.2) is 15.0 Å². The summed E-state index contributed by atoms with van der Waals surface area (Å²) >= 11 is 4.74. The van der Waals surface area contributed by atoms with Gasteiger partial charge in [0.1, 0.15) is 5.75 Å². The van der Waals surface area contributed by atoms with Crippen molar-refractivity contribution in [2.75, 3.05) is 5.32 Å². The van der Waals surface area contributed by atoms with Crippen molar-refractivity contribution in [3.8, 4) is 11.5 Å². The van der Waals surface area contributed by atoms with Crippen LogP contribution in [0.25, 0.3) is 0 Å². The van der Waals surface area contributed by atoms with Crippen molar-refractivity contribution < 1.29 is 4.74 Å². The molecule has 0 saturated carbocycles. The molecule has 0 spiro atoms. The van der Waals surface area contributed by atoms with E-state index in [0.717, 1.165) is 31.5 Å². The van der Waals surface area contributed by atoms with Gasteiger partial charge in [-0.1, -0.05) is 30.0 Å². The van der Waals surface area contributed by atoms with Gasteiger partial charge in [0.15, 0.2) is 21.0 Å². The maximum Gasteiger partial charge on any atom is 0.188 e. The zero-order chi connectivity index (χ0) is 18.6. The second kappa shape index (κ2) is 10.8. The SMILES string of the molecule is Cc1csc(Nc2ncc(Sc3nc(C)cs3)cc2Oc2ccccc2)n1.Cl.Cl. The van der Waals surface area contributed by atoms with Gasteiger partial charge in [0.2, 0.25) is 0 Å². The van der Waals surface area contributed by atoms with E-state index < -0.39 is 0 Å². The smallest absolute Gasteiger partial charge is 0.188 e. The van der Waals surface area contributed by atoms with Crippen molar-refractivity contribution in [1.29, 1.82) is 0 Å². The van der Waals surface area contributed by atoms with Gasteiger partial charge < -0.3 is 10.1 Å². The van der Waals surface area contributed by atoms with Crippen LogP contribution in [0.1, 0.15) is 11.4 Å². The molecule has 0 radical (unpaired) electrons. The summed E-state index contributed by atoms with van der Waals surface area (Å²) in [5, 5.41) is 8.08. The lowest BCUT2D eigenvalue weighted by atomic mass is 10.3. The molecule has 1 aromatic carbocycles. The van der Waals surface area contributed by atoms with E-state index in [1.54, 1.807) is 23.1 Å². The van der Waals surface area contributed by atoms with Crippen LogP contribution in [0, 0.1) is 13.8 Å². The number of halogens is 2. The van der Waals surface area contributed by atoms with Gasteiger partial charge in [-0.15, -0.1) is 47.5 Å². The number of hydrogen-bond donors (Lipinski definition) is 1. The topological polar surface area (TPSA) is 59.9 Å². The van der Waals surface area contributed by atoms with Gasteiger partial charge in [0.25, 0.3) is 0 Å². The first-order valence-corrected chi connectivity index (χ1v) is 10.8. The number of aryl methyl sites for hydroxylation is 2. The molecule has 152 valence electrons. The molecule has 4 rings (SSSR count). The van der Waals surface area contributed by atoms with Crippen LogP contribution in [0.2, 0.25) is 0 Å². The molecule has 0 aliphatic heterocycles. The number of hydrogen-bond acceptors (Lipinski definition) is 8. The number of benzene rings is 1. The van der Waals surface area contributed by atoms with Crippen molar-refractivity contribution in [1.82, 2.24) is 15.0 Å². The Kier molecular flexibility index (Phi) is 8.73. The van der Waals surface area contributed by atoms with Crippen LogP contribution in [-0.2, 0) is 0 Å². The lowest BCUT2D eigenvalue weighted by Gasteiger charge is -2.12. The van der Waals surface area contributed by atoms with Crippen LogP contribution >= 0.6 is 59.2 Å². The van der Waals surface area contributed by atoms with Crippen molar-refractivity contribution >= 4 is 70.2 Å². The average molecular weight is 485 g/mol. The second-order valence-corrected chi connectivity index (χ2v) is 8.75. The molecule has 5 nitrogen and oxygen atoms in total. The summed E-state index contributed by atoms with van der Waals surface area (Å²) < 4.78 is 7.08. The maximum absolute atomic E-state index is 6.09. The molecular weight excluding hydrogens is 467 g/mol. The van der Waals surface area contributed by atoms with E-state index in [2.05, 4.69) is 20.3 Å².